The van der Waals surface area contributed by atoms with Gasteiger partial charge in [0.25, 0.3) is 0 Å². The third-order valence-corrected chi connectivity index (χ3v) is 3.77. The Balaban J connectivity index is 1.84. The normalized spacial score (nSPS) is 18.9. The van der Waals surface area contributed by atoms with E-state index in [0.717, 1.165) is 18.5 Å². The van der Waals surface area contributed by atoms with Crippen molar-refractivity contribution in [3.8, 4) is 0 Å². The third kappa shape index (κ3) is 5.61. The van der Waals surface area contributed by atoms with Gasteiger partial charge in [0.15, 0.2) is 0 Å². The maximum absolute atomic E-state index is 12.0. The molecule has 0 aliphatic carbocycles. The Morgan fingerprint density at radius 3 is 2.87 bits per heavy atom. The molecule has 0 aromatic heterocycles. The van der Waals surface area contributed by atoms with Gasteiger partial charge in [0.1, 0.15) is 6.10 Å². The van der Waals surface area contributed by atoms with Crippen LogP contribution in [0.1, 0.15) is 18.9 Å². The van der Waals surface area contributed by atoms with Crippen molar-refractivity contribution in [2.45, 2.75) is 31.8 Å². The minimum absolute atomic E-state index is 0.181. The highest BCUT2D eigenvalue weighted by Crippen LogP contribution is 2.13. The Morgan fingerprint density at radius 1 is 1.48 bits per heavy atom. The van der Waals surface area contributed by atoms with Crippen LogP contribution in [0.2, 0.25) is 0 Å². The zero-order valence-corrected chi connectivity index (χ0v) is 13.3. The summed E-state index contributed by atoms with van der Waals surface area (Å²) in [6, 6.07) is 9.35. The average molecular weight is 318 g/mol. The summed E-state index contributed by atoms with van der Waals surface area (Å²) in [7, 11) is -1.65. The Labute approximate surface area is 136 Å². The number of ether oxygens (including phenoxy) is 1. The number of alkyl carbamates (subject to hydrolysis) is 1. The first-order valence-corrected chi connectivity index (χ1v) is 7.82. The van der Waals surface area contributed by atoms with E-state index in [0.29, 0.717) is 13.0 Å². The molecule has 2 atom stereocenters. The summed E-state index contributed by atoms with van der Waals surface area (Å²) in [6.45, 7) is 3.44. The molecule has 1 heterocycles. The van der Waals surface area contributed by atoms with E-state index in [4.69, 9.17) is 4.74 Å². The number of rotatable bonds is 6. The molecule has 3 N–H and O–H groups in total. The van der Waals surface area contributed by atoms with Crippen LogP contribution in [0.5, 0.6) is 0 Å². The molecule has 1 amide bonds. The maximum Gasteiger partial charge on any atom is 0.475 e. The standard InChI is InChI=1S/C16H23BN2O4/c1-2-9-19-10-8-14(12-19)23-16(20)18-15(17(21)22)11-13-6-4-3-5-7-13/h2-7,9,14-15,21-22H,8,10-12H2,1H3,(H,18,20)/t14?,15-/m0/s1. The molecule has 23 heavy (non-hydrogen) atoms. The van der Waals surface area contributed by atoms with Gasteiger partial charge in [-0.2, -0.15) is 0 Å². The van der Waals surface area contributed by atoms with Crippen molar-refractivity contribution in [3.63, 3.8) is 0 Å². The van der Waals surface area contributed by atoms with Crippen LogP contribution in [0.25, 0.3) is 0 Å². The highest BCUT2D eigenvalue weighted by molar-refractivity contribution is 6.43. The molecule has 0 spiro atoms. The van der Waals surface area contributed by atoms with Gasteiger partial charge in [0.2, 0.25) is 0 Å². The number of carbonyl (C=O) groups is 1. The van der Waals surface area contributed by atoms with Crippen molar-refractivity contribution in [2.75, 3.05) is 13.1 Å². The minimum Gasteiger partial charge on any atom is -0.444 e. The van der Waals surface area contributed by atoms with Gasteiger partial charge in [-0.1, -0.05) is 36.4 Å². The summed E-state index contributed by atoms with van der Waals surface area (Å²) in [4.78, 5) is 14.1. The van der Waals surface area contributed by atoms with Crippen molar-refractivity contribution in [2.24, 2.45) is 0 Å². The quantitative estimate of drug-likeness (QED) is 0.680. The van der Waals surface area contributed by atoms with Crippen molar-refractivity contribution in [1.82, 2.24) is 10.2 Å². The molecular formula is C16H23BN2O4. The Kier molecular flexibility index (Phi) is 6.49. The van der Waals surface area contributed by atoms with E-state index in [2.05, 4.69) is 10.2 Å². The molecule has 1 aliphatic rings. The fraction of sp³-hybridized carbons (Fsp3) is 0.438. The maximum atomic E-state index is 12.0. The lowest BCUT2D eigenvalue weighted by Crippen LogP contribution is -2.48. The zero-order chi connectivity index (χ0) is 16.7. The predicted octanol–water partition coefficient (Wildman–Crippen LogP) is 0.944. The number of benzene rings is 1. The van der Waals surface area contributed by atoms with Gasteiger partial charge in [-0.25, -0.2) is 4.79 Å². The molecule has 1 aromatic carbocycles. The molecule has 1 aliphatic heterocycles. The number of nitrogens with one attached hydrogen (secondary N) is 1. The van der Waals surface area contributed by atoms with E-state index in [-0.39, 0.29) is 6.10 Å². The lowest BCUT2D eigenvalue weighted by atomic mass is 9.76. The van der Waals surface area contributed by atoms with E-state index in [1.165, 1.54) is 0 Å². The number of hydrogen-bond acceptors (Lipinski definition) is 5. The van der Waals surface area contributed by atoms with E-state index in [1.807, 2.05) is 49.5 Å². The second-order valence-electron chi connectivity index (χ2n) is 5.65. The van der Waals surface area contributed by atoms with Crippen molar-refractivity contribution in [3.05, 3.63) is 48.2 Å². The summed E-state index contributed by atoms with van der Waals surface area (Å²) in [5, 5.41) is 21.5. The van der Waals surface area contributed by atoms with E-state index in [1.54, 1.807) is 0 Å². The first kappa shape index (κ1) is 17.4. The van der Waals surface area contributed by atoms with Crippen molar-refractivity contribution >= 4 is 13.2 Å². The topological polar surface area (TPSA) is 82.0 Å². The van der Waals surface area contributed by atoms with Crippen LogP contribution >= 0.6 is 0 Å². The first-order chi connectivity index (χ1) is 11.1. The number of amides is 1. The Bertz CT molecular complexity index is 524. The van der Waals surface area contributed by atoms with E-state index < -0.39 is 19.2 Å². The predicted molar refractivity (Wildman–Crippen MR) is 88.5 cm³/mol. The van der Waals surface area contributed by atoms with Crippen LogP contribution in [-0.2, 0) is 11.2 Å². The van der Waals surface area contributed by atoms with E-state index in [9.17, 15) is 14.8 Å². The van der Waals surface area contributed by atoms with Crippen LogP contribution in [-0.4, -0.2) is 53.3 Å². The summed E-state index contributed by atoms with van der Waals surface area (Å²) in [5.41, 5.74) is 0.908. The number of nitrogens with zero attached hydrogens (tertiary/aromatic N) is 1. The average Bonchev–Trinajstić information content (AvgIpc) is 2.95. The van der Waals surface area contributed by atoms with Gasteiger partial charge in [-0.05, 0) is 25.1 Å². The number of likely N-dealkylation sites (tertiary alicyclic amines) is 1. The summed E-state index contributed by atoms with van der Waals surface area (Å²) < 4.78 is 5.36. The third-order valence-electron chi connectivity index (χ3n) is 3.77. The highest BCUT2D eigenvalue weighted by Gasteiger charge is 2.29. The molecule has 1 saturated heterocycles. The smallest absolute Gasteiger partial charge is 0.444 e. The summed E-state index contributed by atoms with van der Waals surface area (Å²) in [5.74, 6) is -0.807. The second-order valence-corrected chi connectivity index (χ2v) is 5.65. The van der Waals surface area contributed by atoms with Crippen LogP contribution in [0, 0.1) is 0 Å². The van der Waals surface area contributed by atoms with Gasteiger partial charge in [0.05, 0.1) is 12.5 Å². The molecule has 0 radical (unpaired) electrons. The molecule has 2 rings (SSSR count). The van der Waals surface area contributed by atoms with Gasteiger partial charge >= 0.3 is 13.2 Å². The highest BCUT2D eigenvalue weighted by atomic mass is 16.6. The molecule has 1 fully saturated rings. The van der Waals surface area contributed by atoms with E-state index >= 15 is 0 Å². The van der Waals surface area contributed by atoms with Gasteiger partial charge in [-0.3, -0.25) is 0 Å². The molecule has 6 nitrogen and oxygen atoms in total. The summed E-state index contributed by atoms with van der Waals surface area (Å²) in [6.07, 6.45) is 4.20. The molecule has 1 aromatic rings. The number of carbonyl (C=O) groups excluding carboxylic acids is 1. The first-order valence-electron chi connectivity index (χ1n) is 7.82. The molecule has 0 bridgehead atoms. The minimum atomic E-state index is -1.65. The Hall–Kier alpha value is -1.99. The molecular weight excluding hydrogens is 295 g/mol. The van der Waals surface area contributed by atoms with Crippen molar-refractivity contribution < 1.29 is 19.6 Å². The number of hydrogen-bond donors (Lipinski definition) is 3. The van der Waals surface area contributed by atoms with Gasteiger partial charge in [-0.15, -0.1) is 0 Å². The Morgan fingerprint density at radius 2 is 2.22 bits per heavy atom. The largest absolute Gasteiger partial charge is 0.475 e. The zero-order valence-electron chi connectivity index (χ0n) is 13.3. The molecule has 124 valence electrons. The SMILES string of the molecule is CC=CN1CCC(OC(=O)N[C@@H](Cc2ccccc2)B(O)O)C1. The van der Waals surface area contributed by atoms with Crippen LogP contribution in [0.15, 0.2) is 42.6 Å². The summed E-state index contributed by atoms with van der Waals surface area (Å²) >= 11 is 0. The molecule has 7 heteroatoms. The van der Waals surface area contributed by atoms with Crippen LogP contribution in [0.3, 0.4) is 0 Å². The molecule has 0 saturated carbocycles. The van der Waals surface area contributed by atoms with Crippen LogP contribution < -0.4 is 5.32 Å². The second kappa shape index (κ2) is 8.60. The van der Waals surface area contributed by atoms with Gasteiger partial charge < -0.3 is 25.0 Å². The lowest BCUT2D eigenvalue weighted by Gasteiger charge is -2.20. The fourth-order valence-corrected chi connectivity index (χ4v) is 2.63. The number of allylic oxidation sites excluding steroid dienone is 1. The molecule has 1 unspecified atom stereocenters. The fourth-order valence-electron chi connectivity index (χ4n) is 2.63. The lowest BCUT2D eigenvalue weighted by molar-refractivity contribution is 0.101. The van der Waals surface area contributed by atoms with Crippen LogP contribution in [0.4, 0.5) is 4.79 Å². The van der Waals surface area contributed by atoms with Crippen molar-refractivity contribution in [1.29, 1.82) is 0 Å². The monoisotopic (exact) mass is 318 g/mol. The van der Waals surface area contributed by atoms with Gasteiger partial charge in [0, 0.05) is 13.0 Å².